The first kappa shape index (κ1) is 15.9. The Morgan fingerprint density at radius 2 is 1.70 bits per heavy atom. The molecule has 1 fully saturated rings. The number of likely N-dealkylation sites (N-methyl/N-ethyl adjacent to an activating group) is 1. The number of hydrogen-bond acceptors (Lipinski definition) is 1. The molecule has 0 spiro atoms. The molecule has 3 nitrogen and oxygen atoms in total. The first-order chi connectivity index (χ1) is 11.2. The lowest BCUT2D eigenvalue weighted by Gasteiger charge is -2.31. The van der Waals surface area contributed by atoms with Gasteiger partial charge in [0.05, 0.1) is 0 Å². The van der Waals surface area contributed by atoms with E-state index in [1.165, 1.54) is 5.56 Å². The molecule has 1 saturated carbocycles. The van der Waals surface area contributed by atoms with E-state index in [9.17, 15) is 4.79 Å². The van der Waals surface area contributed by atoms with Crippen molar-refractivity contribution in [1.29, 1.82) is 0 Å². The summed E-state index contributed by atoms with van der Waals surface area (Å²) in [6.07, 6.45) is 9.45. The monoisotopic (exact) mass is 310 g/mol. The molecule has 1 amide bonds. The molecule has 3 rings (SSSR count). The standard InChI is InChI=1S/C20H26N2O/c1-21(16-13-17-7-3-2-4-8-17)20(23)18-9-11-19(12-10-18)22-14-5-6-15-22/h2-8,14-15,18-19H,9-13,16H2,1H3. The lowest BCUT2D eigenvalue weighted by molar-refractivity contribution is -0.135. The van der Waals surface area contributed by atoms with Gasteiger partial charge in [0.1, 0.15) is 0 Å². The van der Waals surface area contributed by atoms with Gasteiger partial charge in [-0.2, -0.15) is 0 Å². The summed E-state index contributed by atoms with van der Waals surface area (Å²) in [5.41, 5.74) is 1.29. The van der Waals surface area contributed by atoms with Gasteiger partial charge in [-0.05, 0) is 49.8 Å². The van der Waals surface area contributed by atoms with Crippen molar-refractivity contribution in [2.45, 2.75) is 38.1 Å². The van der Waals surface area contributed by atoms with Gasteiger partial charge in [-0.25, -0.2) is 0 Å². The summed E-state index contributed by atoms with van der Waals surface area (Å²) in [6.45, 7) is 0.806. The highest BCUT2D eigenvalue weighted by Gasteiger charge is 2.28. The number of aromatic nitrogens is 1. The molecule has 122 valence electrons. The Morgan fingerprint density at radius 1 is 1.04 bits per heavy atom. The highest BCUT2D eigenvalue weighted by molar-refractivity contribution is 5.78. The Bertz CT molecular complexity index is 598. The van der Waals surface area contributed by atoms with Gasteiger partial charge in [0, 0.05) is 37.9 Å². The van der Waals surface area contributed by atoms with Crippen molar-refractivity contribution in [3.05, 3.63) is 60.4 Å². The Hall–Kier alpha value is -2.03. The highest BCUT2D eigenvalue weighted by Crippen LogP contribution is 2.33. The van der Waals surface area contributed by atoms with Crippen LogP contribution in [0.3, 0.4) is 0 Å². The number of rotatable bonds is 5. The predicted molar refractivity (Wildman–Crippen MR) is 93.2 cm³/mol. The van der Waals surface area contributed by atoms with E-state index in [0.717, 1.165) is 38.6 Å². The van der Waals surface area contributed by atoms with Gasteiger partial charge in [0.15, 0.2) is 0 Å². The van der Waals surface area contributed by atoms with Crippen molar-refractivity contribution in [1.82, 2.24) is 9.47 Å². The molecule has 1 aromatic carbocycles. The molecular weight excluding hydrogens is 284 g/mol. The van der Waals surface area contributed by atoms with Crippen LogP contribution in [0.2, 0.25) is 0 Å². The SMILES string of the molecule is CN(CCc1ccccc1)C(=O)C1CCC(n2cccc2)CC1. The van der Waals surface area contributed by atoms with Crippen LogP contribution in [0.15, 0.2) is 54.9 Å². The van der Waals surface area contributed by atoms with Gasteiger partial charge in [0.25, 0.3) is 0 Å². The van der Waals surface area contributed by atoms with Crippen molar-refractivity contribution in [3.8, 4) is 0 Å². The van der Waals surface area contributed by atoms with Crippen molar-refractivity contribution < 1.29 is 4.79 Å². The van der Waals surface area contributed by atoms with Crippen LogP contribution in [-0.4, -0.2) is 29.0 Å². The van der Waals surface area contributed by atoms with E-state index in [1.807, 2.05) is 18.0 Å². The Labute approximate surface area is 138 Å². The third kappa shape index (κ3) is 4.04. The minimum atomic E-state index is 0.211. The number of benzene rings is 1. The van der Waals surface area contributed by atoms with Gasteiger partial charge in [-0.3, -0.25) is 4.79 Å². The maximum Gasteiger partial charge on any atom is 0.225 e. The van der Waals surface area contributed by atoms with Crippen molar-refractivity contribution >= 4 is 5.91 Å². The van der Waals surface area contributed by atoms with Crippen molar-refractivity contribution in [2.24, 2.45) is 5.92 Å². The zero-order chi connectivity index (χ0) is 16.1. The van der Waals surface area contributed by atoms with Gasteiger partial charge < -0.3 is 9.47 Å². The zero-order valence-corrected chi connectivity index (χ0v) is 13.9. The van der Waals surface area contributed by atoms with E-state index in [4.69, 9.17) is 0 Å². The molecule has 0 atom stereocenters. The van der Waals surface area contributed by atoms with E-state index in [2.05, 4.69) is 53.4 Å². The van der Waals surface area contributed by atoms with E-state index in [0.29, 0.717) is 11.9 Å². The molecule has 0 N–H and O–H groups in total. The molecule has 0 radical (unpaired) electrons. The zero-order valence-electron chi connectivity index (χ0n) is 13.9. The second kappa shape index (κ2) is 7.49. The molecule has 0 saturated heterocycles. The summed E-state index contributed by atoms with van der Waals surface area (Å²) in [5, 5.41) is 0. The smallest absolute Gasteiger partial charge is 0.225 e. The third-order valence-electron chi connectivity index (χ3n) is 5.05. The maximum atomic E-state index is 12.6. The van der Waals surface area contributed by atoms with E-state index in [-0.39, 0.29) is 5.92 Å². The Kier molecular flexibility index (Phi) is 5.16. The summed E-state index contributed by atoms with van der Waals surface area (Å²) < 4.78 is 2.29. The lowest BCUT2D eigenvalue weighted by Crippen LogP contribution is -2.36. The summed E-state index contributed by atoms with van der Waals surface area (Å²) in [6, 6.07) is 15.1. The Morgan fingerprint density at radius 3 is 2.35 bits per heavy atom. The minimum absolute atomic E-state index is 0.211. The second-order valence-corrected chi connectivity index (χ2v) is 6.63. The van der Waals surface area contributed by atoms with Crippen molar-refractivity contribution in [3.63, 3.8) is 0 Å². The number of hydrogen-bond donors (Lipinski definition) is 0. The first-order valence-electron chi connectivity index (χ1n) is 8.65. The van der Waals surface area contributed by atoms with Crippen LogP contribution in [0.25, 0.3) is 0 Å². The average molecular weight is 310 g/mol. The normalized spacial score (nSPS) is 21.1. The van der Waals surface area contributed by atoms with E-state index in [1.54, 1.807) is 0 Å². The largest absolute Gasteiger partial charge is 0.351 e. The minimum Gasteiger partial charge on any atom is -0.351 e. The topological polar surface area (TPSA) is 25.2 Å². The second-order valence-electron chi connectivity index (χ2n) is 6.63. The fraction of sp³-hybridized carbons (Fsp3) is 0.450. The molecule has 1 heterocycles. The first-order valence-corrected chi connectivity index (χ1v) is 8.65. The molecular formula is C20H26N2O. The molecule has 0 aliphatic heterocycles. The molecule has 1 aromatic heterocycles. The fourth-order valence-corrected chi connectivity index (χ4v) is 3.58. The quantitative estimate of drug-likeness (QED) is 0.821. The molecule has 3 heteroatoms. The average Bonchev–Trinajstić information content (AvgIpc) is 3.15. The van der Waals surface area contributed by atoms with Gasteiger partial charge >= 0.3 is 0 Å². The van der Waals surface area contributed by atoms with E-state index < -0.39 is 0 Å². The lowest BCUT2D eigenvalue weighted by atomic mass is 9.85. The number of nitrogens with zero attached hydrogens (tertiary/aromatic N) is 2. The molecule has 2 aromatic rings. The van der Waals surface area contributed by atoms with Gasteiger partial charge in [-0.1, -0.05) is 30.3 Å². The summed E-state index contributed by atoms with van der Waals surface area (Å²) in [4.78, 5) is 14.6. The maximum absolute atomic E-state index is 12.6. The van der Waals surface area contributed by atoms with Crippen molar-refractivity contribution in [2.75, 3.05) is 13.6 Å². The fourth-order valence-electron chi connectivity index (χ4n) is 3.58. The number of carbonyl (C=O) groups excluding carboxylic acids is 1. The van der Waals surface area contributed by atoms with Crippen LogP contribution in [0, 0.1) is 5.92 Å². The highest BCUT2D eigenvalue weighted by atomic mass is 16.2. The van der Waals surface area contributed by atoms with Crippen LogP contribution in [-0.2, 0) is 11.2 Å². The van der Waals surface area contributed by atoms with Crippen LogP contribution in [0.5, 0.6) is 0 Å². The van der Waals surface area contributed by atoms with Crippen LogP contribution >= 0.6 is 0 Å². The van der Waals surface area contributed by atoms with E-state index >= 15 is 0 Å². The summed E-state index contributed by atoms with van der Waals surface area (Å²) in [7, 11) is 1.95. The summed E-state index contributed by atoms with van der Waals surface area (Å²) in [5.74, 6) is 0.537. The predicted octanol–water partition coefficient (Wildman–Crippen LogP) is 3.92. The van der Waals surface area contributed by atoms with Crippen LogP contribution in [0.1, 0.15) is 37.3 Å². The Balaban J connectivity index is 1.47. The molecule has 1 aliphatic carbocycles. The van der Waals surface area contributed by atoms with Gasteiger partial charge in [-0.15, -0.1) is 0 Å². The van der Waals surface area contributed by atoms with Gasteiger partial charge in [0.2, 0.25) is 5.91 Å². The number of carbonyl (C=O) groups is 1. The van der Waals surface area contributed by atoms with Crippen LogP contribution in [0.4, 0.5) is 0 Å². The molecule has 0 bridgehead atoms. The van der Waals surface area contributed by atoms with Crippen LogP contribution < -0.4 is 0 Å². The molecule has 1 aliphatic rings. The molecule has 23 heavy (non-hydrogen) atoms. The summed E-state index contributed by atoms with van der Waals surface area (Å²) >= 11 is 0. The molecule has 0 unspecified atom stereocenters. The number of amides is 1. The third-order valence-corrected chi connectivity index (χ3v) is 5.05.